The van der Waals surface area contributed by atoms with Crippen molar-refractivity contribution in [1.29, 1.82) is 0 Å². The van der Waals surface area contributed by atoms with Gasteiger partial charge in [-0.2, -0.15) is 0 Å². The van der Waals surface area contributed by atoms with Gasteiger partial charge in [-0.1, -0.05) is 11.8 Å². The van der Waals surface area contributed by atoms with Crippen LogP contribution < -0.4 is 21.1 Å². The third kappa shape index (κ3) is 2.67. The number of amides is 2. The smallest absolute Gasteiger partial charge is 0.279 e. The van der Waals surface area contributed by atoms with Crippen molar-refractivity contribution < 1.29 is 14.3 Å². The van der Waals surface area contributed by atoms with Gasteiger partial charge in [0.05, 0.1) is 12.8 Å². The van der Waals surface area contributed by atoms with Crippen LogP contribution in [0, 0.1) is 0 Å². The molecule has 1 saturated heterocycles. The second kappa shape index (κ2) is 5.18. The maximum atomic E-state index is 11.8. The van der Waals surface area contributed by atoms with Crippen LogP contribution in [0.2, 0.25) is 0 Å². The van der Waals surface area contributed by atoms with Crippen molar-refractivity contribution >= 4 is 34.3 Å². The minimum absolute atomic E-state index is 0.176. The van der Waals surface area contributed by atoms with Crippen molar-refractivity contribution in [3.63, 3.8) is 0 Å². The number of ether oxygens (including phenoxy) is 1. The molecule has 0 radical (unpaired) electrons. The van der Waals surface area contributed by atoms with E-state index < -0.39 is 6.04 Å². The average Bonchev–Trinajstić information content (AvgIpc) is 2.76. The first kappa shape index (κ1) is 12.6. The lowest BCUT2D eigenvalue weighted by Crippen LogP contribution is -2.38. The Morgan fingerprint density at radius 1 is 1.61 bits per heavy atom. The summed E-state index contributed by atoms with van der Waals surface area (Å²) in [6.07, 6.45) is 0. The predicted octanol–water partition coefficient (Wildman–Crippen LogP) is 1.04. The summed E-state index contributed by atoms with van der Waals surface area (Å²) in [5.74, 6) is 0.742. The molecule has 0 aliphatic carbocycles. The van der Waals surface area contributed by atoms with Crippen molar-refractivity contribution in [2.75, 3.05) is 23.9 Å². The molecule has 0 aromatic heterocycles. The number of anilines is 2. The summed E-state index contributed by atoms with van der Waals surface area (Å²) < 4.78 is 5.02. The molecule has 2 amide bonds. The highest BCUT2D eigenvalue weighted by Crippen LogP contribution is 2.25. The van der Waals surface area contributed by atoms with Gasteiger partial charge in [0.15, 0.2) is 0 Å². The van der Waals surface area contributed by atoms with E-state index in [0.29, 0.717) is 22.9 Å². The summed E-state index contributed by atoms with van der Waals surface area (Å²) in [5.41, 5.74) is 6.75. The SMILES string of the molecule is COc1ccc(NC(=O)C2CSC(=O)N2)cc1N. The van der Waals surface area contributed by atoms with Crippen molar-refractivity contribution in [3.8, 4) is 5.75 Å². The van der Waals surface area contributed by atoms with Crippen LogP contribution in [-0.2, 0) is 4.79 Å². The van der Waals surface area contributed by atoms with E-state index in [-0.39, 0.29) is 11.1 Å². The van der Waals surface area contributed by atoms with Crippen LogP contribution in [0.1, 0.15) is 0 Å². The van der Waals surface area contributed by atoms with Gasteiger partial charge in [-0.05, 0) is 18.2 Å². The van der Waals surface area contributed by atoms with E-state index in [2.05, 4.69) is 10.6 Å². The Morgan fingerprint density at radius 3 is 2.94 bits per heavy atom. The minimum atomic E-state index is -0.495. The Kier molecular flexibility index (Phi) is 3.61. The predicted molar refractivity (Wildman–Crippen MR) is 70.8 cm³/mol. The molecule has 1 aromatic carbocycles. The first-order chi connectivity index (χ1) is 8.60. The van der Waals surface area contributed by atoms with Gasteiger partial charge in [-0.15, -0.1) is 0 Å². The fourth-order valence-electron chi connectivity index (χ4n) is 1.57. The largest absolute Gasteiger partial charge is 0.495 e. The van der Waals surface area contributed by atoms with E-state index in [9.17, 15) is 9.59 Å². The van der Waals surface area contributed by atoms with E-state index in [1.807, 2.05) is 0 Å². The van der Waals surface area contributed by atoms with Crippen LogP contribution in [0.3, 0.4) is 0 Å². The molecule has 1 unspecified atom stereocenters. The molecule has 1 heterocycles. The number of carbonyl (C=O) groups is 2. The molecule has 96 valence electrons. The first-order valence-electron chi connectivity index (χ1n) is 5.28. The van der Waals surface area contributed by atoms with Crippen molar-refractivity contribution in [2.24, 2.45) is 0 Å². The lowest BCUT2D eigenvalue weighted by atomic mass is 10.2. The number of hydrogen-bond donors (Lipinski definition) is 3. The zero-order valence-corrected chi connectivity index (χ0v) is 10.5. The first-order valence-corrected chi connectivity index (χ1v) is 6.26. The molecule has 0 spiro atoms. The molecule has 4 N–H and O–H groups in total. The van der Waals surface area contributed by atoms with Gasteiger partial charge in [0.25, 0.3) is 5.24 Å². The van der Waals surface area contributed by atoms with Crippen molar-refractivity contribution in [2.45, 2.75) is 6.04 Å². The number of nitrogens with two attached hydrogens (primary N) is 1. The molecule has 0 bridgehead atoms. The van der Waals surface area contributed by atoms with Gasteiger partial charge >= 0.3 is 0 Å². The second-order valence-electron chi connectivity index (χ2n) is 3.74. The summed E-state index contributed by atoms with van der Waals surface area (Å²) in [6, 6.07) is 4.48. The Bertz CT molecular complexity index is 492. The highest BCUT2D eigenvalue weighted by molar-refractivity contribution is 8.14. The Hall–Kier alpha value is -1.89. The molecule has 1 aromatic rings. The van der Waals surface area contributed by atoms with E-state index in [4.69, 9.17) is 10.5 Å². The number of thioether (sulfide) groups is 1. The summed E-state index contributed by atoms with van der Waals surface area (Å²) >= 11 is 1.10. The average molecular weight is 267 g/mol. The zero-order chi connectivity index (χ0) is 13.1. The van der Waals surface area contributed by atoms with Crippen molar-refractivity contribution in [1.82, 2.24) is 5.32 Å². The molecule has 2 rings (SSSR count). The quantitative estimate of drug-likeness (QED) is 0.711. The molecular formula is C11H13N3O3S. The van der Waals surface area contributed by atoms with Gasteiger partial charge in [-0.25, -0.2) is 0 Å². The lowest BCUT2D eigenvalue weighted by Gasteiger charge is -2.11. The van der Waals surface area contributed by atoms with Gasteiger partial charge in [0, 0.05) is 11.4 Å². The molecule has 1 aliphatic rings. The van der Waals surface area contributed by atoms with Crippen LogP contribution in [-0.4, -0.2) is 30.1 Å². The molecular weight excluding hydrogens is 254 g/mol. The fourth-order valence-corrected chi connectivity index (χ4v) is 2.35. The van der Waals surface area contributed by atoms with Crippen LogP contribution in [0.4, 0.5) is 16.2 Å². The maximum absolute atomic E-state index is 11.8. The lowest BCUT2D eigenvalue weighted by molar-refractivity contribution is -0.117. The number of carbonyl (C=O) groups excluding carboxylic acids is 2. The third-order valence-corrected chi connectivity index (χ3v) is 3.37. The molecule has 7 heteroatoms. The maximum Gasteiger partial charge on any atom is 0.279 e. The zero-order valence-electron chi connectivity index (χ0n) is 9.73. The Morgan fingerprint density at radius 2 is 2.39 bits per heavy atom. The fraction of sp³-hybridized carbons (Fsp3) is 0.273. The Balaban J connectivity index is 2.03. The third-order valence-electron chi connectivity index (χ3n) is 2.49. The second-order valence-corrected chi connectivity index (χ2v) is 4.73. The standard InChI is InChI=1S/C11H13N3O3S/c1-17-9-3-2-6(4-7(9)12)13-10(15)8-5-18-11(16)14-8/h2-4,8H,5,12H2,1H3,(H,13,15)(H,14,16). The van der Waals surface area contributed by atoms with E-state index in [1.54, 1.807) is 18.2 Å². The molecule has 0 saturated carbocycles. The number of methoxy groups -OCH3 is 1. The van der Waals surface area contributed by atoms with Gasteiger partial charge in [0.2, 0.25) is 5.91 Å². The normalized spacial score (nSPS) is 18.3. The number of nitrogens with one attached hydrogen (secondary N) is 2. The van der Waals surface area contributed by atoms with E-state index >= 15 is 0 Å². The molecule has 1 fully saturated rings. The van der Waals surface area contributed by atoms with Gasteiger partial charge in [0.1, 0.15) is 11.8 Å². The summed E-state index contributed by atoms with van der Waals surface area (Å²) in [5, 5.41) is 5.08. The highest BCUT2D eigenvalue weighted by atomic mass is 32.2. The number of rotatable bonds is 3. The number of nitrogen functional groups attached to an aromatic ring is 1. The minimum Gasteiger partial charge on any atom is -0.495 e. The molecule has 1 atom stereocenters. The van der Waals surface area contributed by atoms with Crippen LogP contribution in [0.25, 0.3) is 0 Å². The molecule has 18 heavy (non-hydrogen) atoms. The highest BCUT2D eigenvalue weighted by Gasteiger charge is 2.27. The number of hydrogen-bond acceptors (Lipinski definition) is 5. The van der Waals surface area contributed by atoms with E-state index in [1.165, 1.54) is 7.11 Å². The summed E-state index contributed by atoms with van der Waals surface area (Å²) in [7, 11) is 1.52. The van der Waals surface area contributed by atoms with Crippen LogP contribution in [0.15, 0.2) is 18.2 Å². The number of benzene rings is 1. The summed E-state index contributed by atoms with van der Waals surface area (Å²) in [4.78, 5) is 22.8. The Labute approximate surface area is 108 Å². The van der Waals surface area contributed by atoms with Gasteiger partial charge < -0.3 is 21.1 Å². The molecule has 1 aliphatic heterocycles. The van der Waals surface area contributed by atoms with Crippen molar-refractivity contribution in [3.05, 3.63) is 18.2 Å². The van der Waals surface area contributed by atoms with Crippen LogP contribution in [0.5, 0.6) is 5.75 Å². The monoisotopic (exact) mass is 267 g/mol. The van der Waals surface area contributed by atoms with Gasteiger partial charge in [-0.3, -0.25) is 9.59 Å². The molecule has 6 nitrogen and oxygen atoms in total. The summed E-state index contributed by atoms with van der Waals surface area (Å²) in [6.45, 7) is 0. The topological polar surface area (TPSA) is 93.4 Å². The van der Waals surface area contributed by atoms with E-state index in [0.717, 1.165) is 11.8 Å². The van der Waals surface area contributed by atoms with Crippen LogP contribution >= 0.6 is 11.8 Å².